The van der Waals surface area contributed by atoms with Crippen LogP contribution < -0.4 is 21.3 Å². The first-order chi connectivity index (χ1) is 8.55. The van der Waals surface area contributed by atoms with Crippen molar-refractivity contribution in [2.24, 2.45) is 5.84 Å². The minimum absolute atomic E-state index is 0.000982. The third kappa shape index (κ3) is 4.70. The summed E-state index contributed by atoms with van der Waals surface area (Å²) < 4.78 is 5.44. The topological polar surface area (TPSA) is 98.0 Å². The van der Waals surface area contributed by atoms with Crippen LogP contribution in [0.3, 0.4) is 0 Å². The van der Waals surface area contributed by atoms with Gasteiger partial charge in [-0.2, -0.15) is 15.0 Å². The number of nitrogens with one attached hydrogen (secondary N) is 2. The normalized spacial score (nSPS) is 12.3. The molecule has 7 heteroatoms. The molecular formula is C11H22N6O. The van der Waals surface area contributed by atoms with Crippen LogP contribution in [0.15, 0.2) is 0 Å². The van der Waals surface area contributed by atoms with E-state index in [0.717, 1.165) is 12.8 Å². The van der Waals surface area contributed by atoms with Crippen LogP contribution >= 0.6 is 0 Å². The third-order valence-corrected chi connectivity index (χ3v) is 2.18. The zero-order valence-electron chi connectivity index (χ0n) is 11.4. The van der Waals surface area contributed by atoms with E-state index in [4.69, 9.17) is 10.6 Å². The monoisotopic (exact) mass is 254 g/mol. The number of anilines is 2. The van der Waals surface area contributed by atoms with Crippen molar-refractivity contribution in [3.8, 4) is 6.01 Å². The molecule has 0 saturated carbocycles. The Morgan fingerprint density at radius 2 is 1.83 bits per heavy atom. The van der Waals surface area contributed by atoms with Crippen molar-refractivity contribution < 1.29 is 4.74 Å². The lowest BCUT2D eigenvalue weighted by Crippen LogP contribution is -2.20. The first-order valence-corrected chi connectivity index (χ1v) is 6.21. The van der Waals surface area contributed by atoms with Crippen LogP contribution in [0.4, 0.5) is 11.9 Å². The Morgan fingerprint density at radius 1 is 1.17 bits per heavy atom. The van der Waals surface area contributed by atoms with E-state index in [1.54, 1.807) is 0 Å². The lowest BCUT2D eigenvalue weighted by Gasteiger charge is -2.14. The van der Waals surface area contributed by atoms with E-state index in [2.05, 4.69) is 39.5 Å². The molecule has 1 heterocycles. The fourth-order valence-electron chi connectivity index (χ4n) is 1.47. The summed E-state index contributed by atoms with van der Waals surface area (Å²) in [5.74, 6) is 6.07. The number of hydrogen-bond donors (Lipinski definition) is 3. The smallest absolute Gasteiger partial charge is 0.323 e. The van der Waals surface area contributed by atoms with Crippen LogP contribution in [0.5, 0.6) is 6.01 Å². The molecule has 0 aromatic carbocycles. The molecule has 0 saturated heterocycles. The molecule has 7 nitrogen and oxygen atoms in total. The average Bonchev–Trinajstić information content (AvgIpc) is 2.27. The van der Waals surface area contributed by atoms with Crippen molar-refractivity contribution in [2.75, 3.05) is 10.7 Å². The molecule has 102 valence electrons. The Kier molecular flexibility index (Phi) is 5.57. The summed E-state index contributed by atoms with van der Waals surface area (Å²) in [5, 5.41) is 3.19. The lowest BCUT2D eigenvalue weighted by molar-refractivity contribution is 0.222. The third-order valence-electron chi connectivity index (χ3n) is 2.18. The summed E-state index contributed by atoms with van der Waals surface area (Å²) in [6.07, 6.45) is 2.13. The molecule has 1 atom stereocenters. The summed E-state index contributed by atoms with van der Waals surface area (Å²) in [7, 11) is 0. The van der Waals surface area contributed by atoms with E-state index < -0.39 is 0 Å². The minimum Gasteiger partial charge on any atom is -0.461 e. The van der Waals surface area contributed by atoms with E-state index in [1.807, 2.05) is 13.8 Å². The Hall–Kier alpha value is -1.63. The van der Waals surface area contributed by atoms with Crippen LogP contribution in [0.25, 0.3) is 0 Å². The zero-order valence-corrected chi connectivity index (χ0v) is 11.4. The molecule has 18 heavy (non-hydrogen) atoms. The lowest BCUT2D eigenvalue weighted by atomic mass is 10.2. The molecule has 0 aliphatic heterocycles. The number of hydrogen-bond acceptors (Lipinski definition) is 7. The van der Waals surface area contributed by atoms with Crippen molar-refractivity contribution >= 4 is 11.9 Å². The maximum Gasteiger partial charge on any atom is 0.323 e. The first kappa shape index (κ1) is 14.4. The molecule has 0 radical (unpaired) electrons. The van der Waals surface area contributed by atoms with Gasteiger partial charge >= 0.3 is 6.01 Å². The van der Waals surface area contributed by atoms with Crippen molar-refractivity contribution in [3.63, 3.8) is 0 Å². The van der Waals surface area contributed by atoms with E-state index >= 15 is 0 Å². The number of nitrogen functional groups attached to an aromatic ring is 1. The molecule has 1 unspecified atom stereocenters. The highest BCUT2D eigenvalue weighted by Gasteiger charge is 2.10. The van der Waals surface area contributed by atoms with Crippen molar-refractivity contribution in [2.45, 2.75) is 52.7 Å². The van der Waals surface area contributed by atoms with Gasteiger partial charge in [-0.3, -0.25) is 5.43 Å². The van der Waals surface area contributed by atoms with Gasteiger partial charge in [0, 0.05) is 6.04 Å². The van der Waals surface area contributed by atoms with E-state index in [-0.39, 0.29) is 24.1 Å². The molecule has 0 aliphatic rings. The van der Waals surface area contributed by atoms with E-state index in [9.17, 15) is 0 Å². The van der Waals surface area contributed by atoms with Crippen LogP contribution in [-0.4, -0.2) is 27.1 Å². The molecular weight excluding hydrogens is 232 g/mol. The van der Waals surface area contributed by atoms with Gasteiger partial charge in [0.2, 0.25) is 11.9 Å². The number of nitrogens with two attached hydrogens (primary N) is 1. The predicted molar refractivity (Wildman–Crippen MR) is 71.4 cm³/mol. The summed E-state index contributed by atoms with van der Waals surface area (Å²) in [6, 6.07) is 0.550. The maximum absolute atomic E-state index is 5.44. The summed E-state index contributed by atoms with van der Waals surface area (Å²) in [4.78, 5) is 12.3. The number of rotatable bonds is 7. The van der Waals surface area contributed by atoms with Crippen LogP contribution in [0.2, 0.25) is 0 Å². The molecule has 0 aliphatic carbocycles. The molecule has 1 aromatic heterocycles. The molecule has 0 spiro atoms. The van der Waals surface area contributed by atoms with Gasteiger partial charge in [-0.25, -0.2) is 5.84 Å². The van der Waals surface area contributed by atoms with Gasteiger partial charge in [0.1, 0.15) is 0 Å². The van der Waals surface area contributed by atoms with Crippen molar-refractivity contribution in [3.05, 3.63) is 0 Å². The van der Waals surface area contributed by atoms with Gasteiger partial charge in [-0.1, -0.05) is 13.3 Å². The summed E-state index contributed by atoms with van der Waals surface area (Å²) in [5.41, 5.74) is 2.40. The summed E-state index contributed by atoms with van der Waals surface area (Å²) in [6.45, 7) is 8.02. The molecule has 0 amide bonds. The zero-order chi connectivity index (χ0) is 13.5. The fraction of sp³-hybridized carbons (Fsp3) is 0.727. The van der Waals surface area contributed by atoms with Gasteiger partial charge in [-0.05, 0) is 27.2 Å². The van der Waals surface area contributed by atoms with E-state index in [0.29, 0.717) is 5.95 Å². The van der Waals surface area contributed by atoms with Gasteiger partial charge in [-0.15, -0.1) is 0 Å². The standard InChI is InChI=1S/C11H22N6O/c1-5-6-8(4)13-9-14-10(17-12)16-11(15-9)18-7(2)3/h7-8H,5-6,12H2,1-4H3,(H2,13,14,15,16,17). The van der Waals surface area contributed by atoms with Crippen LogP contribution in [-0.2, 0) is 0 Å². The van der Waals surface area contributed by atoms with Crippen LogP contribution in [0.1, 0.15) is 40.5 Å². The van der Waals surface area contributed by atoms with Gasteiger partial charge in [0.15, 0.2) is 0 Å². The quantitative estimate of drug-likeness (QED) is 0.501. The highest BCUT2D eigenvalue weighted by molar-refractivity contribution is 5.35. The fourth-order valence-corrected chi connectivity index (χ4v) is 1.47. The second-order valence-corrected chi connectivity index (χ2v) is 4.41. The molecule has 0 bridgehead atoms. The highest BCUT2D eigenvalue weighted by atomic mass is 16.5. The number of hydrazine groups is 1. The number of ether oxygens (including phenoxy) is 1. The molecule has 1 rings (SSSR count). The Labute approximate surface area is 108 Å². The predicted octanol–water partition coefficient (Wildman–Crippen LogP) is 1.54. The first-order valence-electron chi connectivity index (χ1n) is 6.21. The molecule has 1 aromatic rings. The highest BCUT2D eigenvalue weighted by Crippen LogP contribution is 2.13. The van der Waals surface area contributed by atoms with Gasteiger partial charge < -0.3 is 10.1 Å². The van der Waals surface area contributed by atoms with Gasteiger partial charge in [0.05, 0.1) is 6.10 Å². The maximum atomic E-state index is 5.44. The second-order valence-electron chi connectivity index (χ2n) is 4.41. The molecule has 4 N–H and O–H groups in total. The Balaban J connectivity index is 2.82. The minimum atomic E-state index is -0.000982. The SMILES string of the molecule is CCCC(C)Nc1nc(NN)nc(OC(C)C)n1. The van der Waals surface area contributed by atoms with Gasteiger partial charge in [0.25, 0.3) is 0 Å². The Morgan fingerprint density at radius 3 is 2.39 bits per heavy atom. The molecule has 0 fully saturated rings. The van der Waals surface area contributed by atoms with Crippen molar-refractivity contribution in [1.82, 2.24) is 15.0 Å². The largest absolute Gasteiger partial charge is 0.461 e. The number of aromatic nitrogens is 3. The van der Waals surface area contributed by atoms with Crippen LogP contribution in [0, 0.1) is 0 Å². The number of nitrogens with zero attached hydrogens (tertiary/aromatic N) is 3. The Bertz CT molecular complexity index is 371. The average molecular weight is 254 g/mol. The van der Waals surface area contributed by atoms with E-state index in [1.165, 1.54) is 0 Å². The second kappa shape index (κ2) is 6.95. The van der Waals surface area contributed by atoms with Crippen molar-refractivity contribution in [1.29, 1.82) is 0 Å². The summed E-state index contributed by atoms with van der Waals surface area (Å²) >= 11 is 0.